The Hall–Kier alpha value is -2.31. The average molecular weight is 395 g/mol. The number of nitrogens with one attached hydrogen (secondary N) is 1. The number of hydrogen-bond acceptors (Lipinski definition) is 5. The summed E-state index contributed by atoms with van der Waals surface area (Å²) in [5, 5.41) is 4.20. The molecular formula is C22H26N4OS. The monoisotopic (exact) mass is 394 g/mol. The number of benzene rings is 1. The molecule has 1 fully saturated rings. The molecule has 0 aliphatic carbocycles. The van der Waals surface area contributed by atoms with Gasteiger partial charge < -0.3 is 5.32 Å². The zero-order chi connectivity index (χ0) is 19.5. The smallest absolute Gasteiger partial charge is 0.224 e. The third-order valence-electron chi connectivity index (χ3n) is 5.32. The van der Waals surface area contributed by atoms with E-state index in [9.17, 15) is 4.79 Å². The molecule has 0 radical (unpaired) electrons. The molecule has 1 saturated heterocycles. The molecule has 1 aromatic heterocycles. The van der Waals surface area contributed by atoms with Crippen LogP contribution in [0.15, 0.2) is 47.7 Å². The number of carbonyl (C=O) groups excluding carboxylic acids is 1. The lowest BCUT2D eigenvalue weighted by Crippen LogP contribution is -2.48. The molecule has 146 valence electrons. The van der Waals surface area contributed by atoms with Gasteiger partial charge in [0.1, 0.15) is 0 Å². The minimum absolute atomic E-state index is 0.0297. The Kier molecular flexibility index (Phi) is 5.69. The normalized spacial score (nSPS) is 17.0. The van der Waals surface area contributed by atoms with Crippen LogP contribution >= 0.6 is 11.3 Å². The fourth-order valence-corrected chi connectivity index (χ4v) is 4.47. The summed E-state index contributed by atoms with van der Waals surface area (Å²) < 4.78 is 0. The fraction of sp³-hybridized carbons (Fsp3) is 0.409. The maximum Gasteiger partial charge on any atom is 0.224 e. The van der Waals surface area contributed by atoms with Crippen molar-refractivity contribution in [1.29, 1.82) is 0 Å². The Balaban J connectivity index is 1.30. The first-order valence-corrected chi connectivity index (χ1v) is 10.7. The molecule has 1 N–H and O–H groups in total. The van der Waals surface area contributed by atoms with E-state index in [1.807, 2.05) is 30.6 Å². The van der Waals surface area contributed by atoms with Crippen LogP contribution in [-0.2, 0) is 4.79 Å². The van der Waals surface area contributed by atoms with E-state index in [1.165, 1.54) is 9.88 Å². The summed E-state index contributed by atoms with van der Waals surface area (Å²) in [6.07, 6.45) is 7.85. The average Bonchev–Trinajstić information content (AvgIpc) is 3.31. The molecule has 4 rings (SSSR count). The summed E-state index contributed by atoms with van der Waals surface area (Å²) in [6.45, 7) is 6.70. The molecule has 6 heteroatoms. The predicted octanol–water partition coefficient (Wildman–Crippen LogP) is 4.69. The highest BCUT2D eigenvalue weighted by molar-refractivity contribution is 7.15. The van der Waals surface area contributed by atoms with Crippen molar-refractivity contribution in [3.8, 4) is 10.4 Å². The lowest BCUT2D eigenvalue weighted by atomic mass is 9.99. The van der Waals surface area contributed by atoms with Crippen LogP contribution in [0.3, 0.4) is 0 Å². The molecule has 0 unspecified atom stereocenters. The summed E-state index contributed by atoms with van der Waals surface area (Å²) >= 11 is 1.78. The molecular weight excluding hydrogens is 368 g/mol. The lowest BCUT2D eigenvalue weighted by Gasteiger charge is -2.41. The van der Waals surface area contributed by atoms with Crippen LogP contribution in [0.2, 0.25) is 0 Å². The first-order chi connectivity index (χ1) is 13.6. The SMILES string of the molecule is CC(C)N1CC(c2ncc(-c3ccc(NC(=O)CCC4=NC=CC4)cc3)s2)C1. The number of likely N-dealkylation sites (tertiary alicyclic amines) is 1. The summed E-state index contributed by atoms with van der Waals surface area (Å²) in [7, 11) is 0. The third-order valence-corrected chi connectivity index (χ3v) is 6.53. The highest BCUT2D eigenvalue weighted by Gasteiger charge is 2.31. The van der Waals surface area contributed by atoms with Crippen molar-refractivity contribution in [3.05, 3.63) is 47.7 Å². The van der Waals surface area contributed by atoms with Crippen LogP contribution in [-0.4, -0.2) is 40.6 Å². The Labute approximate surface area is 170 Å². The van der Waals surface area contributed by atoms with E-state index in [-0.39, 0.29) is 5.91 Å². The molecule has 0 atom stereocenters. The zero-order valence-corrected chi connectivity index (χ0v) is 17.2. The van der Waals surface area contributed by atoms with Crippen LogP contribution in [0, 0.1) is 0 Å². The van der Waals surface area contributed by atoms with Crippen molar-refractivity contribution in [3.63, 3.8) is 0 Å². The molecule has 0 saturated carbocycles. The summed E-state index contributed by atoms with van der Waals surface area (Å²) in [6, 6.07) is 8.65. The maximum absolute atomic E-state index is 12.1. The second-order valence-corrected chi connectivity index (χ2v) is 8.78. The Morgan fingerprint density at radius 3 is 2.75 bits per heavy atom. The van der Waals surface area contributed by atoms with Crippen molar-refractivity contribution in [1.82, 2.24) is 9.88 Å². The lowest BCUT2D eigenvalue weighted by molar-refractivity contribution is -0.116. The first-order valence-electron chi connectivity index (χ1n) is 9.89. The summed E-state index contributed by atoms with van der Waals surface area (Å²) in [5.74, 6) is 0.599. The molecule has 3 heterocycles. The minimum Gasteiger partial charge on any atom is -0.326 e. The number of anilines is 1. The van der Waals surface area contributed by atoms with Gasteiger partial charge in [-0.25, -0.2) is 4.98 Å². The molecule has 2 aliphatic heterocycles. The van der Waals surface area contributed by atoms with Crippen molar-refractivity contribution in [2.24, 2.45) is 4.99 Å². The number of thiazole rings is 1. The standard InChI is InChI=1S/C22H26N4OS/c1-15(2)26-13-17(14-26)22-24-12-20(28-22)16-5-7-19(8-6-16)25-21(27)10-9-18-4-3-11-23-18/h3,5-8,11-12,15,17H,4,9-10,13-14H2,1-2H3,(H,25,27). The van der Waals surface area contributed by atoms with Crippen molar-refractivity contribution in [2.45, 2.75) is 45.1 Å². The van der Waals surface area contributed by atoms with Gasteiger partial charge in [0.25, 0.3) is 0 Å². The molecule has 1 amide bonds. The van der Waals surface area contributed by atoms with E-state index < -0.39 is 0 Å². The van der Waals surface area contributed by atoms with E-state index in [0.29, 0.717) is 18.4 Å². The number of carbonyl (C=O) groups is 1. The van der Waals surface area contributed by atoms with E-state index >= 15 is 0 Å². The van der Waals surface area contributed by atoms with Gasteiger partial charge in [0, 0.05) is 61.7 Å². The second kappa shape index (κ2) is 8.37. The number of aromatic nitrogens is 1. The van der Waals surface area contributed by atoms with Crippen LogP contribution < -0.4 is 5.32 Å². The van der Waals surface area contributed by atoms with Crippen molar-refractivity contribution in [2.75, 3.05) is 18.4 Å². The van der Waals surface area contributed by atoms with Crippen LogP contribution in [0.5, 0.6) is 0 Å². The van der Waals surface area contributed by atoms with Crippen LogP contribution in [0.4, 0.5) is 5.69 Å². The van der Waals surface area contributed by atoms with E-state index in [2.05, 4.69) is 46.2 Å². The maximum atomic E-state index is 12.1. The van der Waals surface area contributed by atoms with Gasteiger partial charge in [-0.05, 0) is 38.0 Å². The topological polar surface area (TPSA) is 57.6 Å². The highest BCUT2D eigenvalue weighted by Crippen LogP contribution is 2.35. The predicted molar refractivity (Wildman–Crippen MR) is 116 cm³/mol. The highest BCUT2D eigenvalue weighted by atomic mass is 32.1. The van der Waals surface area contributed by atoms with Gasteiger partial charge in [-0.1, -0.05) is 18.2 Å². The van der Waals surface area contributed by atoms with E-state index in [1.54, 1.807) is 11.3 Å². The van der Waals surface area contributed by atoms with Gasteiger partial charge in [-0.15, -0.1) is 11.3 Å². The summed E-state index contributed by atoms with van der Waals surface area (Å²) in [5.41, 5.74) is 3.05. The number of hydrogen-bond donors (Lipinski definition) is 1. The van der Waals surface area contributed by atoms with Gasteiger partial charge in [-0.2, -0.15) is 0 Å². The summed E-state index contributed by atoms with van der Waals surface area (Å²) in [4.78, 5) is 24.7. The third kappa shape index (κ3) is 4.39. The van der Waals surface area contributed by atoms with Crippen molar-refractivity contribution >= 4 is 28.6 Å². The Morgan fingerprint density at radius 1 is 1.29 bits per heavy atom. The van der Waals surface area contributed by atoms with E-state index in [4.69, 9.17) is 0 Å². The van der Waals surface area contributed by atoms with Gasteiger partial charge in [0.05, 0.1) is 9.88 Å². The molecule has 5 nitrogen and oxygen atoms in total. The molecule has 2 aliphatic rings. The number of aliphatic imine (C=N–C) groups is 1. The Bertz CT molecular complexity index is 892. The van der Waals surface area contributed by atoms with Gasteiger partial charge in [0.15, 0.2) is 0 Å². The van der Waals surface area contributed by atoms with Crippen LogP contribution in [0.1, 0.15) is 44.0 Å². The number of amides is 1. The Morgan fingerprint density at radius 2 is 2.07 bits per heavy atom. The fourth-order valence-electron chi connectivity index (χ4n) is 3.47. The number of nitrogens with zero attached hydrogens (tertiary/aromatic N) is 3. The molecule has 0 spiro atoms. The molecule has 1 aromatic carbocycles. The molecule has 28 heavy (non-hydrogen) atoms. The van der Waals surface area contributed by atoms with Crippen LogP contribution in [0.25, 0.3) is 10.4 Å². The molecule has 2 aromatic rings. The van der Waals surface area contributed by atoms with Gasteiger partial charge >= 0.3 is 0 Å². The number of rotatable bonds is 7. The quantitative estimate of drug-likeness (QED) is 0.741. The second-order valence-electron chi connectivity index (χ2n) is 7.72. The number of allylic oxidation sites excluding steroid dienone is 1. The van der Waals surface area contributed by atoms with Crippen molar-refractivity contribution < 1.29 is 4.79 Å². The van der Waals surface area contributed by atoms with Gasteiger partial charge in [0.2, 0.25) is 5.91 Å². The minimum atomic E-state index is 0.0297. The zero-order valence-electron chi connectivity index (χ0n) is 16.4. The van der Waals surface area contributed by atoms with E-state index in [0.717, 1.165) is 42.9 Å². The largest absolute Gasteiger partial charge is 0.326 e. The molecule has 0 bridgehead atoms. The first kappa shape index (κ1) is 19.0. The van der Waals surface area contributed by atoms with Gasteiger partial charge in [-0.3, -0.25) is 14.7 Å².